The number of rotatable bonds is 12. The molecule has 0 aliphatic carbocycles. The summed E-state index contributed by atoms with van der Waals surface area (Å²) in [5.41, 5.74) is -0.811. The summed E-state index contributed by atoms with van der Waals surface area (Å²) in [6, 6.07) is 0. The first-order valence-electron chi connectivity index (χ1n) is 8.71. The second-order valence-electron chi connectivity index (χ2n) is 6.52. The zero-order valence-corrected chi connectivity index (χ0v) is 15.1. The van der Waals surface area contributed by atoms with Crippen molar-refractivity contribution in [1.29, 1.82) is 0 Å². The number of ether oxygens (including phenoxy) is 2. The number of hydrogen-bond acceptors (Lipinski definition) is 4. The maximum absolute atomic E-state index is 12.4. The van der Waals surface area contributed by atoms with Gasteiger partial charge in [-0.2, -0.15) is 0 Å². The molecule has 0 spiro atoms. The monoisotopic (exact) mass is 314 g/mol. The molecule has 0 radical (unpaired) electrons. The molecule has 0 saturated carbocycles. The van der Waals surface area contributed by atoms with Gasteiger partial charge in [0.15, 0.2) is 0 Å². The predicted molar refractivity (Wildman–Crippen MR) is 88.5 cm³/mol. The van der Waals surface area contributed by atoms with Crippen LogP contribution in [0.5, 0.6) is 0 Å². The largest absolute Gasteiger partial charge is 0.466 e. The first kappa shape index (κ1) is 20.9. The highest BCUT2D eigenvalue weighted by Crippen LogP contribution is 2.33. The lowest BCUT2D eigenvalue weighted by atomic mass is 9.76. The van der Waals surface area contributed by atoms with Gasteiger partial charge in [0, 0.05) is 0 Å². The van der Waals surface area contributed by atoms with Crippen molar-refractivity contribution in [2.75, 3.05) is 13.2 Å². The second kappa shape index (κ2) is 11.5. The average Bonchev–Trinajstić information content (AvgIpc) is 2.47. The molecule has 0 aromatic carbocycles. The molecule has 0 amide bonds. The number of unbranched alkanes of at least 4 members (excludes halogenated alkanes) is 4. The first-order valence-corrected chi connectivity index (χ1v) is 8.71. The van der Waals surface area contributed by atoms with Crippen LogP contribution in [0.3, 0.4) is 0 Å². The molecule has 0 aromatic rings. The van der Waals surface area contributed by atoms with Crippen molar-refractivity contribution in [1.82, 2.24) is 0 Å². The SMILES string of the molecule is CCCCCOC(=O)CC(C)(C(=O)OCCCCC)C(C)C. The quantitative estimate of drug-likeness (QED) is 0.393. The lowest BCUT2D eigenvalue weighted by Crippen LogP contribution is -2.38. The molecule has 0 rings (SSSR count). The van der Waals surface area contributed by atoms with Crippen molar-refractivity contribution < 1.29 is 19.1 Å². The lowest BCUT2D eigenvalue weighted by Gasteiger charge is -2.30. The molecular weight excluding hydrogens is 280 g/mol. The number of esters is 2. The third kappa shape index (κ3) is 7.81. The first-order chi connectivity index (χ1) is 10.4. The summed E-state index contributed by atoms with van der Waals surface area (Å²) in [7, 11) is 0. The van der Waals surface area contributed by atoms with Crippen LogP contribution in [0.15, 0.2) is 0 Å². The van der Waals surface area contributed by atoms with Gasteiger partial charge in [-0.05, 0) is 25.7 Å². The van der Waals surface area contributed by atoms with Crippen LogP contribution in [-0.4, -0.2) is 25.2 Å². The Morgan fingerprint density at radius 1 is 0.909 bits per heavy atom. The van der Waals surface area contributed by atoms with Crippen LogP contribution in [0.2, 0.25) is 0 Å². The molecule has 0 aliphatic rings. The van der Waals surface area contributed by atoms with Crippen LogP contribution >= 0.6 is 0 Å². The third-order valence-corrected chi connectivity index (χ3v) is 4.24. The Labute approximate surface area is 135 Å². The van der Waals surface area contributed by atoms with E-state index in [1.807, 2.05) is 13.8 Å². The fourth-order valence-corrected chi connectivity index (χ4v) is 2.08. The van der Waals surface area contributed by atoms with E-state index in [0.717, 1.165) is 38.5 Å². The highest BCUT2D eigenvalue weighted by Gasteiger charge is 2.40. The van der Waals surface area contributed by atoms with Gasteiger partial charge in [-0.3, -0.25) is 9.59 Å². The minimum absolute atomic E-state index is 0.0226. The summed E-state index contributed by atoms with van der Waals surface area (Å²) >= 11 is 0. The van der Waals surface area contributed by atoms with E-state index in [9.17, 15) is 9.59 Å². The maximum atomic E-state index is 12.4. The molecule has 0 fully saturated rings. The van der Waals surface area contributed by atoms with Gasteiger partial charge in [-0.25, -0.2) is 0 Å². The minimum Gasteiger partial charge on any atom is -0.466 e. The molecule has 0 heterocycles. The number of hydrogen-bond donors (Lipinski definition) is 0. The average molecular weight is 314 g/mol. The Hall–Kier alpha value is -1.06. The molecule has 0 saturated heterocycles. The van der Waals surface area contributed by atoms with Crippen LogP contribution in [-0.2, 0) is 19.1 Å². The van der Waals surface area contributed by atoms with Gasteiger partial charge in [-0.1, -0.05) is 53.4 Å². The molecule has 4 heteroatoms. The van der Waals surface area contributed by atoms with Gasteiger partial charge >= 0.3 is 11.9 Å². The molecule has 22 heavy (non-hydrogen) atoms. The smallest absolute Gasteiger partial charge is 0.312 e. The Morgan fingerprint density at radius 2 is 1.41 bits per heavy atom. The molecule has 4 nitrogen and oxygen atoms in total. The molecule has 0 aliphatic heterocycles. The molecular formula is C18H34O4. The van der Waals surface area contributed by atoms with Crippen LogP contribution in [0.25, 0.3) is 0 Å². The van der Waals surface area contributed by atoms with E-state index in [-0.39, 0.29) is 24.3 Å². The second-order valence-corrected chi connectivity index (χ2v) is 6.52. The van der Waals surface area contributed by atoms with Crippen molar-refractivity contribution in [3.8, 4) is 0 Å². The standard InChI is InChI=1S/C18H34O4/c1-6-8-10-12-21-16(19)14-18(5,15(3)4)17(20)22-13-11-9-7-2/h15H,6-14H2,1-5H3. The van der Waals surface area contributed by atoms with Crippen molar-refractivity contribution >= 4 is 11.9 Å². The summed E-state index contributed by atoms with van der Waals surface area (Å²) in [6.45, 7) is 10.8. The highest BCUT2D eigenvalue weighted by atomic mass is 16.5. The molecule has 0 aromatic heterocycles. The Kier molecular flexibility index (Phi) is 10.9. The minimum atomic E-state index is -0.811. The summed E-state index contributed by atoms with van der Waals surface area (Å²) in [5.74, 6) is -0.573. The fraction of sp³-hybridized carbons (Fsp3) is 0.889. The van der Waals surface area contributed by atoms with Gasteiger partial charge in [0.2, 0.25) is 0 Å². The van der Waals surface area contributed by atoms with Gasteiger partial charge in [0.1, 0.15) is 0 Å². The van der Waals surface area contributed by atoms with E-state index in [1.165, 1.54) is 0 Å². The molecule has 1 atom stereocenters. The molecule has 0 N–H and O–H groups in total. The highest BCUT2D eigenvalue weighted by molar-refractivity contribution is 5.83. The van der Waals surface area contributed by atoms with Crippen molar-refractivity contribution in [3.05, 3.63) is 0 Å². The van der Waals surface area contributed by atoms with E-state index in [4.69, 9.17) is 9.47 Å². The lowest BCUT2D eigenvalue weighted by molar-refractivity contribution is -0.165. The Morgan fingerprint density at radius 3 is 1.86 bits per heavy atom. The Bertz CT molecular complexity index is 325. The third-order valence-electron chi connectivity index (χ3n) is 4.24. The normalized spacial score (nSPS) is 13.7. The molecule has 1 unspecified atom stereocenters. The number of carbonyl (C=O) groups is 2. The van der Waals surface area contributed by atoms with Crippen LogP contribution in [0.4, 0.5) is 0 Å². The zero-order valence-electron chi connectivity index (χ0n) is 15.1. The van der Waals surface area contributed by atoms with Gasteiger partial charge in [0.05, 0.1) is 25.0 Å². The summed E-state index contributed by atoms with van der Waals surface area (Å²) in [4.78, 5) is 24.3. The van der Waals surface area contributed by atoms with Crippen molar-refractivity contribution in [2.45, 2.75) is 79.6 Å². The predicted octanol–water partition coefficient (Wildman–Crippen LogP) is 4.51. The van der Waals surface area contributed by atoms with Crippen LogP contribution < -0.4 is 0 Å². The van der Waals surface area contributed by atoms with E-state index in [2.05, 4.69) is 13.8 Å². The van der Waals surface area contributed by atoms with Crippen molar-refractivity contribution in [2.24, 2.45) is 11.3 Å². The van der Waals surface area contributed by atoms with Gasteiger partial charge < -0.3 is 9.47 Å². The van der Waals surface area contributed by atoms with E-state index in [1.54, 1.807) is 6.92 Å². The molecule has 130 valence electrons. The number of carbonyl (C=O) groups excluding carboxylic acids is 2. The zero-order chi connectivity index (χ0) is 17.0. The van der Waals surface area contributed by atoms with Gasteiger partial charge in [-0.15, -0.1) is 0 Å². The topological polar surface area (TPSA) is 52.6 Å². The summed E-state index contributed by atoms with van der Waals surface area (Å²) in [5, 5.41) is 0. The summed E-state index contributed by atoms with van der Waals surface area (Å²) in [6.07, 6.45) is 6.11. The molecule has 0 bridgehead atoms. The Balaban J connectivity index is 4.40. The fourth-order valence-electron chi connectivity index (χ4n) is 2.08. The van der Waals surface area contributed by atoms with Gasteiger partial charge in [0.25, 0.3) is 0 Å². The van der Waals surface area contributed by atoms with Crippen LogP contribution in [0.1, 0.15) is 79.6 Å². The van der Waals surface area contributed by atoms with Crippen molar-refractivity contribution in [3.63, 3.8) is 0 Å². The van der Waals surface area contributed by atoms with E-state index < -0.39 is 5.41 Å². The van der Waals surface area contributed by atoms with E-state index >= 15 is 0 Å². The maximum Gasteiger partial charge on any atom is 0.312 e. The summed E-state index contributed by atoms with van der Waals surface area (Å²) < 4.78 is 10.6. The van der Waals surface area contributed by atoms with E-state index in [0.29, 0.717) is 13.2 Å². The van der Waals surface area contributed by atoms with Crippen LogP contribution in [0, 0.1) is 11.3 Å².